The van der Waals surface area contributed by atoms with E-state index in [2.05, 4.69) is 5.32 Å². The molecular formula is C20H27NO5. The fourth-order valence-corrected chi connectivity index (χ4v) is 3.94. The Hall–Kier alpha value is -1.92. The third-order valence-corrected chi connectivity index (χ3v) is 5.44. The van der Waals surface area contributed by atoms with Gasteiger partial charge in [-0.2, -0.15) is 0 Å². The smallest absolute Gasteiger partial charge is 0.308 e. The molecule has 2 fully saturated rings. The van der Waals surface area contributed by atoms with Gasteiger partial charge in [-0.25, -0.2) is 0 Å². The zero-order valence-electron chi connectivity index (χ0n) is 14.9. The molecule has 0 radical (unpaired) electrons. The fourth-order valence-electron chi connectivity index (χ4n) is 3.94. The molecule has 2 saturated heterocycles. The van der Waals surface area contributed by atoms with E-state index in [1.165, 1.54) is 0 Å². The van der Waals surface area contributed by atoms with Crippen LogP contribution >= 0.6 is 0 Å². The van der Waals surface area contributed by atoms with Gasteiger partial charge in [0.1, 0.15) is 0 Å². The van der Waals surface area contributed by atoms with Crippen molar-refractivity contribution in [3.8, 4) is 0 Å². The number of rotatable bonds is 6. The summed E-state index contributed by atoms with van der Waals surface area (Å²) < 4.78 is 11.2. The molecule has 26 heavy (non-hydrogen) atoms. The average molecular weight is 361 g/mol. The van der Waals surface area contributed by atoms with Gasteiger partial charge in [0.2, 0.25) is 5.91 Å². The van der Waals surface area contributed by atoms with E-state index in [4.69, 9.17) is 9.47 Å². The van der Waals surface area contributed by atoms with Crippen LogP contribution in [0.4, 0.5) is 0 Å². The first kappa shape index (κ1) is 18.9. The third kappa shape index (κ3) is 4.62. The molecule has 2 aliphatic rings. The Morgan fingerprint density at radius 3 is 2.54 bits per heavy atom. The highest BCUT2D eigenvalue weighted by atomic mass is 16.5. The number of nitrogens with one attached hydrogen (secondary N) is 1. The highest BCUT2D eigenvalue weighted by Gasteiger charge is 2.35. The van der Waals surface area contributed by atoms with E-state index >= 15 is 0 Å². The molecule has 1 amide bonds. The molecule has 142 valence electrons. The lowest BCUT2D eigenvalue weighted by Gasteiger charge is -2.32. The summed E-state index contributed by atoms with van der Waals surface area (Å²) in [5, 5.41) is 12.5. The van der Waals surface area contributed by atoms with Crippen LogP contribution in [0.2, 0.25) is 0 Å². The first-order chi connectivity index (χ1) is 12.7. The van der Waals surface area contributed by atoms with Crippen molar-refractivity contribution in [2.24, 2.45) is 17.8 Å². The van der Waals surface area contributed by atoms with Gasteiger partial charge in [0.05, 0.1) is 17.9 Å². The number of amides is 1. The SMILES string of the molecule is O=C(O)C(CNC(=O)C1CCCOC1c1ccccc1)C1CCOCC1. The summed E-state index contributed by atoms with van der Waals surface area (Å²) in [6.45, 7) is 1.99. The summed E-state index contributed by atoms with van der Waals surface area (Å²) in [6.07, 6.45) is 2.78. The number of carboxylic acid groups (broad SMARTS) is 1. The number of aliphatic carboxylic acids is 1. The molecule has 6 heteroatoms. The minimum absolute atomic E-state index is 0.0501. The van der Waals surface area contributed by atoms with Gasteiger partial charge in [0.15, 0.2) is 0 Å². The van der Waals surface area contributed by atoms with Crippen molar-refractivity contribution >= 4 is 11.9 Å². The van der Waals surface area contributed by atoms with Crippen LogP contribution < -0.4 is 5.32 Å². The van der Waals surface area contributed by atoms with E-state index in [-0.39, 0.29) is 30.4 Å². The largest absolute Gasteiger partial charge is 0.481 e. The molecule has 3 rings (SSSR count). The van der Waals surface area contributed by atoms with E-state index in [9.17, 15) is 14.7 Å². The molecule has 3 unspecified atom stereocenters. The second-order valence-electron chi connectivity index (χ2n) is 7.09. The zero-order chi connectivity index (χ0) is 18.4. The first-order valence-electron chi connectivity index (χ1n) is 9.41. The van der Waals surface area contributed by atoms with E-state index in [0.29, 0.717) is 19.8 Å². The Balaban J connectivity index is 1.62. The van der Waals surface area contributed by atoms with Crippen LogP contribution in [-0.2, 0) is 19.1 Å². The number of benzene rings is 1. The number of carbonyl (C=O) groups is 2. The quantitative estimate of drug-likeness (QED) is 0.813. The number of hydrogen-bond acceptors (Lipinski definition) is 4. The van der Waals surface area contributed by atoms with Crippen molar-refractivity contribution in [1.82, 2.24) is 5.32 Å². The minimum atomic E-state index is -0.850. The van der Waals surface area contributed by atoms with Gasteiger partial charge in [-0.3, -0.25) is 9.59 Å². The van der Waals surface area contributed by atoms with E-state index in [1.54, 1.807) is 0 Å². The van der Waals surface area contributed by atoms with Gasteiger partial charge in [-0.05, 0) is 37.2 Å². The summed E-state index contributed by atoms with van der Waals surface area (Å²) in [5.41, 5.74) is 0.992. The molecule has 0 saturated carbocycles. The lowest BCUT2D eigenvalue weighted by Crippen LogP contribution is -2.43. The number of carbonyl (C=O) groups excluding carboxylic acids is 1. The lowest BCUT2D eigenvalue weighted by molar-refractivity contribution is -0.145. The Bertz CT molecular complexity index is 599. The monoisotopic (exact) mass is 361 g/mol. The molecule has 1 aromatic rings. The van der Waals surface area contributed by atoms with Gasteiger partial charge in [0.25, 0.3) is 0 Å². The number of carboxylic acids is 1. The predicted molar refractivity (Wildman–Crippen MR) is 95.5 cm³/mol. The number of hydrogen-bond donors (Lipinski definition) is 2. The van der Waals surface area contributed by atoms with Crippen LogP contribution in [0, 0.1) is 17.8 Å². The number of ether oxygens (including phenoxy) is 2. The Morgan fingerprint density at radius 1 is 1.12 bits per heavy atom. The summed E-state index contributed by atoms with van der Waals surface area (Å²) in [7, 11) is 0. The van der Waals surface area contributed by atoms with Crippen LogP contribution in [0.3, 0.4) is 0 Å². The van der Waals surface area contributed by atoms with Crippen molar-refractivity contribution in [2.75, 3.05) is 26.4 Å². The van der Waals surface area contributed by atoms with E-state index in [0.717, 1.165) is 31.2 Å². The summed E-state index contributed by atoms with van der Waals surface area (Å²) in [6, 6.07) is 9.76. The lowest BCUT2D eigenvalue weighted by atomic mass is 9.85. The fraction of sp³-hybridized carbons (Fsp3) is 0.600. The normalized spacial score (nSPS) is 25.4. The molecule has 3 atom stereocenters. The molecule has 1 aromatic carbocycles. The molecule has 0 spiro atoms. The maximum absolute atomic E-state index is 12.8. The Kier molecular flexibility index (Phi) is 6.63. The molecular weight excluding hydrogens is 334 g/mol. The van der Waals surface area contributed by atoms with Gasteiger partial charge < -0.3 is 19.9 Å². The zero-order valence-corrected chi connectivity index (χ0v) is 14.9. The van der Waals surface area contributed by atoms with Crippen LogP contribution in [0.1, 0.15) is 37.4 Å². The van der Waals surface area contributed by atoms with Crippen LogP contribution in [0.25, 0.3) is 0 Å². The average Bonchev–Trinajstić information content (AvgIpc) is 2.69. The molecule has 2 heterocycles. The van der Waals surface area contributed by atoms with Crippen molar-refractivity contribution in [1.29, 1.82) is 0 Å². The summed E-state index contributed by atoms with van der Waals surface area (Å²) in [4.78, 5) is 24.4. The minimum Gasteiger partial charge on any atom is -0.481 e. The predicted octanol–water partition coefficient (Wildman–Crippen LogP) is 2.40. The summed E-state index contributed by atoms with van der Waals surface area (Å²) in [5.74, 6) is -1.76. The second-order valence-corrected chi connectivity index (χ2v) is 7.09. The van der Waals surface area contributed by atoms with E-state index < -0.39 is 11.9 Å². The van der Waals surface area contributed by atoms with Crippen LogP contribution in [0.5, 0.6) is 0 Å². The Labute approximate surface area is 153 Å². The molecule has 2 N–H and O–H groups in total. The second kappa shape index (κ2) is 9.14. The van der Waals surface area contributed by atoms with Gasteiger partial charge in [-0.1, -0.05) is 30.3 Å². The highest BCUT2D eigenvalue weighted by molar-refractivity contribution is 5.80. The summed E-state index contributed by atoms with van der Waals surface area (Å²) >= 11 is 0. The molecule has 0 bridgehead atoms. The first-order valence-corrected chi connectivity index (χ1v) is 9.41. The van der Waals surface area contributed by atoms with Crippen LogP contribution in [0.15, 0.2) is 30.3 Å². The molecule has 0 aliphatic carbocycles. The molecule has 0 aromatic heterocycles. The standard InChI is InChI=1S/C20H27NO5/c22-19(21-13-17(20(23)24)14-8-11-25-12-9-14)16-7-4-10-26-18(16)15-5-2-1-3-6-15/h1-3,5-6,14,16-18H,4,7-13H2,(H,21,22)(H,23,24). The third-order valence-electron chi connectivity index (χ3n) is 5.44. The van der Waals surface area contributed by atoms with Crippen molar-refractivity contribution < 1.29 is 24.2 Å². The topological polar surface area (TPSA) is 84.9 Å². The van der Waals surface area contributed by atoms with Gasteiger partial charge in [0, 0.05) is 26.4 Å². The van der Waals surface area contributed by atoms with Gasteiger partial charge >= 0.3 is 5.97 Å². The van der Waals surface area contributed by atoms with E-state index in [1.807, 2.05) is 30.3 Å². The van der Waals surface area contributed by atoms with Crippen molar-refractivity contribution in [2.45, 2.75) is 31.8 Å². The Morgan fingerprint density at radius 2 is 1.85 bits per heavy atom. The van der Waals surface area contributed by atoms with Gasteiger partial charge in [-0.15, -0.1) is 0 Å². The van der Waals surface area contributed by atoms with Crippen molar-refractivity contribution in [3.63, 3.8) is 0 Å². The highest BCUT2D eigenvalue weighted by Crippen LogP contribution is 2.34. The molecule has 6 nitrogen and oxygen atoms in total. The van der Waals surface area contributed by atoms with Crippen LogP contribution in [-0.4, -0.2) is 43.3 Å². The maximum Gasteiger partial charge on any atom is 0.308 e. The molecule has 2 aliphatic heterocycles. The maximum atomic E-state index is 12.8. The van der Waals surface area contributed by atoms with Crippen molar-refractivity contribution in [3.05, 3.63) is 35.9 Å².